The van der Waals surface area contributed by atoms with E-state index in [2.05, 4.69) is 19.1 Å². The van der Waals surface area contributed by atoms with Crippen LogP contribution >= 0.6 is 0 Å². The van der Waals surface area contributed by atoms with Crippen LogP contribution in [0.5, 0.6) is 0 Å². The molecule has 0 saturated carbocycles. The van der Waals surface area contributed by atoms with Gasteiger partial charge in [-0.25, -0.2) is 0 Å². The van der Waals surface area contributed by atoms with Crippen molar-refractivity contribution in [2.75, 3.05) is 13.1 Å². The molecule has 3 heteroatoms. The molecular weight excluding hydrogens is 224 g/mol. The number of carbonyl (C=O) groups excluding carboxylic acids is 1. The van der Waals surface area contributed by atoms with Crippen LogP contribution in [0.25, 0.3) is 0 Å². The standard InChI is InChI=1S/C15H22N2O/c1-2-3-4-12-5-7-13(8-6-12)15(18)17-10-9-14(16)11-17/h5-8,14H,2-4,9-11,16H2,1H3. The first kappa shape index (κ1) is 13.1. The third-order valence-electron chi connectivity index (χ3n) is 3.53. The number of nitrogens with zero attached hydrogens (tertiary/aromatic N) is 1. The van der Waals surface area contributed by atoms with Gasteiger partial charge in [0, 0.05) is 24.7 Å². The molecule has 0 bridgehead atoms. The first-order valence-electron chi connectivity index (χ1n) is 6.84. The zero-order chi connectivity index (χ0) is 13.0. The zero-order valence-corrected chi connectivity index (χ0v) is 11.1. The third kappa shape index (κ3) is 3.10. The lowest BCUT2D eigenvalue weighted by Gasteiger charge is -2.15. The molecule has 1 aliphatic rings. The van der Waals surface area contributed by atoms with E-state index in [4.69, 9.17) is 5.73 Å². The van der Waals surface area contributed by atoms with Crippen molar-refractivity contribution < 1.29 is 4.79 Å². The summed E-state index contributed by atoms with van der Waals surface area (Å²) in [7, 11) is 0. The predicted octanol–water partition coefficient (Wildman–Crippen LogP) is 2.20. The molecule has 1 unspecified atom stereocenters. The van der Waals surface area contributed by atoms with Crippen molar-refractivity contribution in [2.45, 2.75) is 38.6 Å². The molecule has 18 heavy (non-hydrogen) atoms. The molecule has 0 aliphatic carbocycles. The molecule has 1 aliphatic heterocycles. The maximum absolute atomic E-state index is 12.2. The number of amides is 1. The van der Waals surface area contributed by atoms with E-state index in [1.807, 2.05) is 17.0 Å². The highest BCUT2D eigenvalue weighted by Crippen LogP contribution is 2.14. The van der Waals surface area contributed by atoms with Gasteiger partial charge in [-0.2, -0.15) is 0 Å². The summed E-state index contributed by atoms with van der Waals surface area (Å²) in [6, 6.07) is 8.17. The molecule has 1 amide bonds. The second-order valence-electron chi connectivity index (χ2n) is 5.10. The van der Waals surface area contributed by atoms with Crippen molar-refractivity contribution >= 4 is 5.91 Å². The first-order valence-corrected chi connectivity index (χ1v) is 6.84. The predicted molar refractivity (Wildman–Crippen MR) is 73.5 cm³/mol. The van der Waals surface area contributed by atoms with Crippen LogP contribution in [0.1, 0.15) is 42.1 Å². The molecular formula is C15H22N2O. The van der Waals surface area contributed by atoms with Crippen LogP contribution in [0, 0.1) is 0 Å². The number of hydrogen-bond donors (Lipinski definition) is 1. The quantitative estimate of drug-likeness (QED) is 0.885. The number of rotatable bonds is 4. The Bertz CT molecular complexity index is 399. The Kier molecular flexibility index (Phi) is 4.37. The van der Waals surface area contributed by atoms with E-state index in [1.54, 1.807) is 0 Å². The van der Waals surface area contributed by atoms with Gasteiger partial charge in [0.1, 0.15) is 0 Å². The Hall–Kier alpha value is -1.35. The lowest BCUT2D eigenvalue weighted by atomic mass is 10.1. The minimum atomic E-state index is 0.116. The van der Waals surface area contributed by atoms with Gasteiger partial charge in [-0.3, -0.25) is 4.79 Å². The highest BCUT2D eigenvalue weighted by Gasteiger charge is 2.24. The fourth-order valence-corrected chi connectivity index (χ4v) is 2.35. The van der Waals surface area contributed by atoms with Crippen molar-refractivity contribution in [2.24, 2.45) is 5.73 Å². The molecule has 3 nitrogen and oxygen atoms in total. The second-order valence-corrected chi connectivity index (χ2v) is 5.10. The summed E-state index contributed by atoms with van der Waals surface area (Å²) in [5.41, 5.74) is 7.92. The lowest BCUT2D eigenvalue weighted by Crippen LogP contribution is -2.31. The Morgan fingerprint density at radius 3 is 2.67 bits per heavy atom. The van der Waals surface area contributed by atoms with Gasteiger partial charge < -0.3 is 10.6 Å². The van der Waals surface area contributed by atoms with Crippen molar-refractivity contribution in [3.63, 3.8) is 0 Å². The van der Waals surface area contributed by atoms with E-state index >= 15 is 0 Å². The number of likely N-dealkylation sites (tertiary alicyclic amines) is 1. The van der Waals surface area contributed by atoms with Gasteiger partial charge in [-0.15, -0.1) is 0 Å². The fourth-order valence-electron chi connectivity index (χ4n) is 2.35. The molecule has 1 fully saturated rings. The van der Waals surface area contributed by atoms with Gasteiger partial charge in [-0.1, -0.05) is 25.5 Å². The van der Waals surface area contributed by atoms with Crippen LogP contribution in [-0.4, -0.2) is 29.9 Å². The van der Waals surface area contributed by atoms with Crippen LogP contribution < -0.4 is 5.73 Å². The maximum Gasteiger partial charge on any atom is 0.253 e. The maximum atomic E-state index is 12.2. The number of hydrogen-bond acceptors (Lipinski definition) is 2. The van der Waals surface area contributed by atoms with Crippen LogP contribution in [0.15, 0.2) is 24.3 Å². The van der Waals surface area contributed by atoms with Crippen LogP contribution in [-0.2, 0) is 6.42 Å². The average molecular weight is 246 g/mol. The molecule has 1 aromatic rings. The SMILES string of the molecule is CCCCc1ccc(C(=O)N2CCC(N)C2)cc1. The lowest BCUT2D eigenvalue weighted by molar-refractivity contribution is 0.0791. The summed E-state index contributed by atoms with van der Waals surface area (Å²) in [4.78, 5) is 14.0. The normalized spacial score (nSPS) is 19.2. The first-order chi connectivity index (χ1) is 8.70. The van der Waals surface area contributed by atoms with Gasteiger partial charge in [0.25, 0.3) is 5.91 Å². The zero-order valence-electron chi connectivity index (χ0n) is 11.1. The Balaban J connectivity index is 1.98. The molecule has 1 atom stereocenters. The van der Waals surface area contributed by atoms with Gasteiger partial charge in [-0.05, 0) is 37.0 Å². The highest BCUT2D eigenvalue weighted by atomic mass is 16.2. The van der Waals surface area contributed by atoms with Crippen molar-refractivity contribution in [1.29, 1.82) is 0 Å². The third-order valence-corrected chi connectivity index (χ3v) is 3.53. The smallest absolute Gasteiger partial charge is 0.253 e. The summed E-state index contributed by atoms with van der Waals surface area (Å²) < 4.78 is 0. The fraction of sp³-hybridized carbons (Fsp3) is 0.533. The second kappa shape index (κ2) is 6.01. The van der Waals surface area contributed by atoms with E-state index in [-0.39, 0.29) is 11.9 Å². The van der Waals surface area contributed by atoms with Gasteiger partial charge >= 0.3 is 0 Å². The number of carbonyl (C=O) groups is 1. The van der Waals surface area contributed by atoms with E-state index in [0.29, 0.717) is 6.54 Å². The minimum absolute atomic E-state index is 0.116. The Morgan fingerprint density at radius 2 is 2.11 bits per heavy atom. The van der Waals surface area contributed by atoms with E-state index in [9.17, 15) is 4.79 Å². The molecule has 0 radical (unpaired) electrons. The average Bonchev–Trinajstić information content (AvgIpc) is 2.83. The number of aryl methyl sites for hydroxylation is 1. The summed E-state index contributed by atoms with van der Waals surface area (Å²) in [6.45, 7) is 3.67. The molecule has 0 aromatic heterocycles. The molecule has 1 saturated heterocycles. The Morgan fingerprint density at radius 1 is 1.39 bits per heavy atom. The monoisotopic (exact) mass is 246 g/mol. The van der Waals surface area contributed by atoms with Crippen molar-refractivity contribution in [3.8, 4) is 0 Å². The van der Waals surface area contributed by atoms with E-state index in [0.717, 1.165) is 24.9 Å². The van der Waals surface area contributed by atoms with E-state index in [1.165, 1.54) is 18.4 Å². The Labute approximate surface area is 109 Å². The minimum Gasteiger partial charge on any atom is -0.337 e. The number of benzene rings is 1. The summed E-state index contributed by atoms with van der Waals surface area (Å²) in [5.74, 6) is 0.116. The largest absolute Gasteiger partial charge is 0.337 e. The van der Waals surface area contributed by atoms with Gasteiger partial charge in [0.05, 0.1) is 0 Å². The van der Waals surface area contributed by atoms with Gasteiger partial charge in [0.15, 0.2) is 0 Å². The van der Waals surface area contributed by atoms with Crippen LogP contribution in [0.4, 0.5) is 0 Å². The van der Waals surface area contributed by atoms with Crippen molar-refractivity contribution in [3.05, 3.63) is 35.4 Å². The number of unbranched alkanes of at least 4 members (excludes halogenated alkanes) is 1. The van der Waals surface area contributed by atoms with Crippen molar-refractivity contribution in [1.82, 2.24) is 4.90 Å². The van der Waals surface area contributed by atoms with Gasteiger partial charge in [0.2, 0.25) is 0 Å². The topological polar surface area (TPSA) is 46.3 Å². The molecule has 0 spiro atoms. The van der Waals surface area contributed by atoms with Crippen LogP contribution in [0.2, 0.25) is 0 Å². The number of nitrogens with two attached hydrogens (primary N) is 1. The highest BCUT2D eigenvalue weighted by molar-refractivity contribution is 5.94. The summed E-state index contributed by atoms with van der Waals surface area (Å²) in [6.07, 6.45) is 4.42. The molecule has 2 rings (SSSR count). The summed E-state index contributed by atoms with van der Waals surface area (Å²) >= 11 is 0. The summed E-state index contributed by atoms with van der Waals surface area (Å²) in [5, 5.41) is 0. The molecule has 1 heterocycles. The molecule has 98 valence electrons. The van der Waals surface area contributed by atoms with Crippen LogP contribution in [0.3, 0.4) is 0 Å². The molecule has 1 aromatic carbocycles. The molecule has 2 N–H and O–H groups in total. The van der Waals surface area contributed by atoms with E-state index < -0.39 is 0 Å².